The first-order valence-corrected chi connectivity index (χ1v) is 12.4. The number of hydrogen-bond acceptors (Lipinski definition) is 4. The van der Waals surface area contributed by atoms with Gasteiger partial charge in [-0.1, -0.05) is 46.9 Å². The van der Waals surface area contributed by atoms with Crippen LogP contribution in [0.4, 0.5) is 0 Å². The third kappa shape index (κ3) is 4.97. The van der Waals surface area contributed by atoms with Crippen LogP contribution >= 0.6 is 46.1 Å². The molecule has 4 rings (SSSR count). The van der Waals surface area contributed by atoms with E-state index in [1.807, 2.05) is 34.2 Å². The van der Waals surface area contributed by atoms with Crippen molar-refractivity contribution in [3.63, 3.8) is 0 Å². The average molecular weight is 511 g/mol. The fourth-order valence-corrected chi connectivity index (χ4v) is 4.92. The number of nitrogens with zero attached hydrogens (tertiary/aromatic N) is 2. The van der Waals surface area contributed by atoms with Crippen LogP contribution in [0.1, 0.15) is 0 Å². The first-order valence-electron chi connectivity index (χ1n) is 8.87. The van der Waals surface area contributed by atoms with Gasteiger partial charge in [0.15, 0.2) is 0 Å². The molecule has 0 atom stereocenters. The smallest absolute Gasteiger partial charge is 0.276 e. The maximum Gasteiger partial charge on any atom is 0.276 e. The highest BCUT2D eigenvalue weighted by Crippen LogP contribution is 2.25. The zero-order valence-corrected chi connectivity index (χ0v) is 19.6. The molecule has 5 nitrogen and oxygen atoms in total. The van der Waals surface area contributed by atoms with E-state index in [9.17, 15) is 8.42 Å². The van der Waals surface area contributed by atoms with Crippen LogP contribution < -0.4 is 9.63 Å². The summed E-state index contributed by atoms with van der Waals surface area (Å²) in [6, 6.07) is 20.4. The van der Waals surface area contributed by atoms with Gasteiger partial charge >= 0.3 is 0 Å². The summed E-state index contributed by atoms with van der Waals surface area (Å²) in [5.41, 5.74) is 2.51. The highest BCUT2D eigenvalue weighted by Gasteiger charge is 2.14. The molecule has 0 aliphatic heterocycles. The summed E-state index contributed by atoms with van der Waals surface area (Å²) in [6.45, 7) is 0. The monoisotopic (exact) mass is 509 g/mol. The lowest BCUT2D eigenvalue weighted by molar-refractivity contribution is 0.582. The molecule has 0 spiro atoms. The molecular weight excluding hydrogens is 497 g/mol. The maximum atomic E-state index is 12.6. The SMILES string of the molecule is O=S(=O)(N/N=c1\scc(-c2ccc(Cl)cc2)n1-c1ccc(Cl)cc1)c1ccc(Cl)cc1. The molecule has 0 saturated carbocycles. The Kier molecular flexibility index (Phi) is 6.41. The van der Waals surface area contributed by atoms with Gasteiger partial charge in [-0.2, -0.15) is 13.2 Å². The maximum absolute atomic E-state index is 12.6. The Morgan fingerprint density at radius 3 is 1.87 bits per heavy atom. The molecular formula is C21H14Cl3N3O2S2. The molecule has 0 aliphatic rings. The van der Waals surface area contributed by atoms with E-state index in [4.69, 9.17) is 34.8 Å². The molecule has 0 unspecified atom stereocenters. The van der Waals surface area contributed by atoms with E-state index in [-0.39, 0.29) is 4.90 Å². The van der Waals surface area contributed by atoms with Gasteiger partial charge in [-0.15, -0.1) is 16.4 Å². The molecule has 0 radical (unpaired) electrons. The number of hydrogen-bond donors (Lipinski definition) is 1. The number of aromatic nitrogens is 1. The van der Waals surface area contributed by atoms with Crippen molar-refractivity contribution >= 4 is 56.2 Å². The first kappa shape index (κ1) is 21.9. The molecule has 31 heavy (non-hydrogen) atoms. The minimum atomic E-state index is -3.86. The zero-order chi connectivity index (χ0) is 22.0. The fourth-order valence-electron chi connectivity index (χ4n) is 2.82. The van der Waals surface area contributed by atoms with Crippen molar-refractivity contribution in [2.24, 2.45) is 5.10 Å². The summed E-state index contributed by atoms with van der Waals surface area (Å²) < 4.78 is 27.1. The predicted octanol–water partition coefficient (Wildman–Crippen LogP) is 5.96. The molecule has 158 valence electrons. The molecule has 10 heteroatoms. The van der Waals surface area contributed by atoms with E-state index in [1.165, 1.54) is 35.6 Å². The summed E-state index contributed by atoms with van der Waals surface area (Å²) in [7, 11) is -3.86. The van der Waals surface area contributed by atoms with Crippen molar-refractivity contribution in [1.29, 1.82) is 0 Å². The van der Waals surface area contributed by atoms with Gasteiger partial charge in [0.25, 0.3) is 10.0 Å². The van der Waals surface area contributed by atoms with Gasteiger partial charge < -0.3 is 0 Å². The second-order valence-corrected chi connectivity index (χ2v) is 10.2. The average Bonchev–Trinajstić information content (AvgIpc) is 3.18. The predicted molar refractivity (Wildman–Crippen MR) is 126 cm³/mol. The van der Waals surface area contributed by atoms with Crippen LogP contribution in [-0.2, 0) is 10.0 Å². The fraction of sp³-hybridized carbons (Fsp3) is 0. The van der Waals surface area contributed by atoms with Gasteiger partial charge in [-0.05, 0) is 66.2 Å². The van der Waals surface area contributed by atoms with Crippen LogP contribution in [0, 0.1) is 0 Å². The van der Waals surface area contributed by atoms with Gasteiger partial charge in [-0.3, -0.25) is 4.57 Å². The summed E-state index contributed by atoms with van der Waals surface area (Å²) in [5, 5.41) is 7.75. The number of rotatable bonds is 5. The quantitative estimate of drug-likeness (QED) is 0.337. The molecule has 0 bridgehead atoms. The molecule has 1 aromatic heterocycles. The van der Waals surface area contributed by atoms with Crippen LogP contribution in [0.15, 0.2) is 88.2 Å². The number of halogens is 3. The normalized spacial score (nSPS) is 12.2. The largest absolute Gasteiger partial charge is 0.284 e. The summed E-state index contributed by atoms with van der Waals surface area (Å²) in [4.78, 5) is 2.80. The van der Waals surface area contributed by atoms with Gasteiger partial charge in [0.1, 0.15) is 0 Å². The van der Waals surface area contributed by atoms with Crippen molar-refractivity contribution in [3.8, 4) is 16.9 Å². The van der Waals surface area contributed by atoms with Gasteiger partial charge in [0.2, 0.25) is 4.80 Å². The first-order chi connectivity index (χ1) is 14.8. The van der Waals surface area contributed by atoms with Crippen molar-refractivity contribution in [2.75, 3.05) is 0 Å². The molecule has 0 amide bonds. The Morgan fingerprint density at radius 1 is 0.774 bits per heavy atom. The van der Waals surface area contributed by atoms with Crippen LogP contribution in [0.2, 0.25) is 15.1 Å². The van der Waals surface area contributed by atoms with Crippen molar-refractivity contribution in [3.05, 3.63) is 98.0 Å². The van der Waals surface area contributed by atoms with E-state index in [0.717, 1.165) is 16.9 Å². The lowest BCUT2D eigenvalue weighted by Gasteiger charge is -2.10. The van der Waals surface area contributed by atoms with E-state index in [1.54, 1.807) is 24.3 Å². The van der Waals surface area contributed by atoms with Crippen molar-refractivity contribution < 1.29 is 8.42 Å². The van der Waals surface area contributed by atoms with Crippen LogP contribution in [0.5, 0.6) is 0 Å². The van der Waals surface area contributed by atoms with E-state index < -0.39 is 10.0 Å². The summed E-state index contributed by atoms with van der Waals surface area (Å²) in [5.74, 6) is 0. The van der Waals surface area contributed by atoms with Gasteiger partial charge in [-0.25, -0.2) is 0 Å². The summed E-state index contributed by atoms with van der Waals surface area (Å²) >= 11 is 19.2. The van der Waals surface area contributed by atoms with Crippen LogP contribution in [0.3, 0.4) is 0 Å². The van der Waals surface area contributed by atoms with E-state index in [0.29, 0.717) is 19.9 Å². The molecule has 0 saturated heterocycles. The Labute approximate surface area is 198 Å². The minimum Gasteiger partial charge on any atom is -0.284 e. The Morgan fingerprint density at radius 2 is 1.29 bits per heavy atom. The molecule has 4 aromatic rings. The number of nitrogens with one attached hydrogen (secondary N) is 1. The topological polar surface area (TPSA) is 63.5 Å². The lowest BCUT2D eigenvalue weighted by atomic mass is 10.1. The highest BCUT2D eigenvalue weighted by molar-refractivity contribution is 7.89. The van der Waals surface area contributed by atoms with Crippen LogP contribution in [0.25, 0.3) is 16.9 Å². The second-order valence-electron chi connectivity index (χ2n) is 6.38. The minimum absolute atomic E-state index is 0.0631. The Balaban J connectivity index is 1.81. The Hall–Kier alpha value is -2.29. The molecule has 3 aromatic carbocycles. The lowest BCUT2D eigenvalue weighted by Crippen LogP contribution is -2.24. The van der Waals surface area contributed by atoms with Crippen molar-refractivity contribution in [2.45, 2.75) is 4.90 Å². The van der Waals surface area contributed by atoms with Crippen LogP contribution in [-0.4, -0.2) is 13.0 Å². The molecule has 0 aliphatic carbocycles. The number of thiazole rings is 1. The van der Waals surface area contributed by atoms with Gasteiger partial charge in [0.05, 0.1) is 10.6 Å². The third-order valence-corrected chi connectivity index (χ3v) is 7.12. The number of benzene rings is 3. The van der Waals surface area contributed by atoms with Gasteiger partial charge in [0, 0.05) is 26.1 Å². The third-order valence-electron chi connectivity index (χ3n) is 4.32. The molecule has 1 N–H and O–H groups in total. The second kappa shape index (κ2) is 9.06. The van der Waals surface area contributed by atoms with E-state index >= 15 is 0 Å². The Bertz CT molecular complexity index is 1380. The van der Waals surface area contributed by atoms with Crippen molar-refractivity contribution in [1.82, 2.24) is 9.40 Å². The zero-order valence-electron chi connectivity index (χ0n) is 15.7. The van der Waals surface area contributed by atoms with E-state index in [2.05, 4.69) is 9.93 Å². The standard InChI is InChI=1S/C21H14Cl3N3O2S2/c22-15-3-1-14(2-4-15)20-13-30-21(27(20)18-9-5-16(23)6-10-18)25-26-31(28,29)19-11-7-17(24)8-12-19/h1-13,26H/b25-21-. The number of sulfonamides is 1. The summed E-state index contributed by atoms with van der Waals surface area (Å²) in [6.07, 6.45) is 0. The molecule has 0 fully saturated rings. The molecule has 1 heterocycles. The highest BCUT2D eigenvalue weighted by atomic mass is 35.5.